The third-order valence-electron chi connectivity index (χ3n) is 3.61. The van der Waals surface area contributed by atoms with Gasteiger partial charge in [0.1, 0.15) is 11.6 Å². The minimum Gasteiger partial charge on any atom is -0.474 e. The summed E-state index contributed by atoms with van der Waals surface area (Å²) in [5.41, 5.74) is 3.60. The second-order valence-electron chi connectivity index (χ2n) is 5.00. The molecule has 0 saturated carbocycles. The average molecular weight is 292 g/mol. The number of fused-ring (bicyclic) bond motifs is 1. The number of nitrogens with one attached hydrogen (secondary N) is 1. The Labute approximate surface area is 122 Å². The highest BCUT2D eigenvalue weighted by atomic mass is 35.5. The Morgan fingerprint density at radius 1 is 1.25 bits per heavy atom. The van der Waals surface area contributed by atoms with Gasteiger partial charge in [0.05, 0.1) is 0 Å². The highest BCUT2D eigenvalue weighted by molar-refractivity contribution is 6.30. The van der Waals surface area contributed by atoms with Crippen LogP contribution in [0.4, 0.5) is 4.39 Å². The first-order chi connectivity index (χ1) is 9.58. The third kappa shape index (κ3) is 2.28. The maximum Gasteiger partial charge on any atom is 0.154 e. The SMILES string of the molecule is CN[C@H]1Cc2cc(F)cc(-c3cc(Cl)ccc3C)c2O1. The normalized spacial score (nSPS) is 16.9. The number of ether oxygens (including phenoxy) is 1. The van der Waals surface area contributed by atoms with Gasteiger partial charge in [0.15, 0.2) is 6.23 Å². The summed E-state index contributed by atoms with van der Waals surface area (Å²) in [4.78, 5) is 0. The molecule has 0 fully saturated rings. The van der Waals surface area contributed by atoms with Crippen LogP contribution < -0.4 is 10.1 Å². The molecular formula is C16H15ClFNO. The molecule has 0 radical (unpaired) electrons. The van der Waals surface area contributed by atoms with Gasteiger partial charge in [0.2, 0.25) is 0 Å². The summed E-state index contributed by atoms with van der Waals surface area (Å²) < 4.78 is 19.7. The topological polar surface area (TPSA) is 21.3 Å². The Kier molecular flexibility index (Phi) is 3.40. The number of rotatable bonds is 2. The van der Waals surface area contributed by atoms with Crippen molar-refractivity contribution in [1.82, 2.24) is 5.32 Å². The third-order valence-corrected chi connectivity index (χ3v) is 3.84. The van der Waals surface area contributed by atoms with Gasteiger partial charge in [0.25, 0.3) is 0 Å². The van der Waals surface area contributed by atoms with Gasteiger partial charge in [-0.15, -0.1) is 0 Å². The van der Waals surface area contributed by atoms with Crippen molar-refractivity contribution in [2.45, 2.75) is 19.6 Å². The van der Waals surface area contributed by atoms with Gasteiger partial charge in [-0.1, -0.05) is 17.7 Å². The first-order valence-electron chi connectivity index (χ1n) is 6.51. The molecule has 0 bridgehead atoms. The molecule has 20 heavy (non-hydrogen) atoms. The van der Waals surface area contributed by atoms with Gasteiger partial charge in [0, 0.05) is 22.6 Å². The second-order valence-corrected chi connectivity index (χ2v) is 5.44. The molecule has 0 aromatic heterocycles. The molecule has 0 amide bonds. The van der Waals surface area contributed by atoms with Crippen molar-refractivity contribution in [3.05, 3.63) is 52.3 Å². The number of aryl methyl sites for hydroxylation is 1. The summed E-state index contributed by atoms with van der Waals surface area (Å²) in [5, 5.41) is 3.70. The van der Waals surface area contributed by atoms with Gasteiger partial charge >= 0.3 is 0 Å². The molecule has 1 aliphatic rings. The predicted molar refractivity (Wildman–Crippen MR) is 78.8 cm³/mol. The molecule has 104 valence electrons. The summed E-state index contributed by atoms with van der Waals surface area (Å²) in [5.74, 6) is 0.495. The van der Waals surface area contributed by atoms with E-state index >= 15 is 0 Å². The van der Waals surface area contributed by atoms with Crippen LogP contribution >= 0.6 is 11.6 Å². The van der Waals surface area contributed by atoms with E-state index in [4.69, 9.17) is 16.3 Å². The molecule has 0 unspecified atom stereocenters. The smallest absolute Gasteiger partial charge is 0.154 e. The highest BCUT2D eigenvalue weighted by Gasteiger charge is 2.26. The summed E-state index contributed by atoms with van der Waals surface area (Å²) in [7, 11) is 1.83. The summed E-state index contributed by atoms with van der Waals surface area (Å²) in [6, 6.07) is 8.66. The van der Waals surface area contributed by atoms with E-state index in [1.165, 1.54) is 12.1 Å². The van der Waals surface area contributed by atoms with Gasteiger partial charge < -0.3 is 4.74 Å². The van der Waals surface area contributed by atoms with Gasteiger partial charge in [-0.25, -0.2) is 4.39 Å². The maximum atomic E-state index is 13.9. The molecule has 2 aromatic rings. The number of benzene rings is 2. The van der Waals surface area contributed by atoms with Crippen LogP contribution in [-0.4, -0.2) is 13.3 Å². The molecule has 2 aromatic carbocycles. The average Bonchev–Trinajstić information content (AvgIpc) is 2.83. The van der Waals surface area contributed by atoms with E-state index in [0.29, 0.717) is 11.4 Å². The fourth-order valence-corrected chi connectivity index (χ4v) is 2.74. The summed E-state index contributed by atoms with van der Waals surface area (Å²) >= 11 is 6.07. The molecule has 1 N–H and O–H groups in total. The first-order valence-corrected chi connectivity index (χ1v) is 6.89. The van der Waals surface area contributed by atoms with Crippen molar-refractivity contribution in [3.8, 4) is 16.9 Å². The summed E-state index contributed by atoms with van der Waals surface area (Å²) in [6.07, 6.45) is 0.556. The molecular weight excluding hydrogens is 277 g/mol. The standard InChI is InChI=1S/C16H15ClFNO/c1-9-3-4-11(17)7-13(9)14-8-12(18)5-10-6-15(19-2)20-16(10)14/h3-5,7-8,15,19H,6H2,1-2H3/t15-/m1/s1. The number of halogens is 2. The lowest BCUT2D eigenvalue weighted by atomic mass is 9.97. The van der Waals surface area contributed by atoms with Crippen molar-refractivity contribution in [2.75, 3.05) is 7.05 Å². The Bertz CT molecular complexity index is 672. The quantitative estimate of drug-likeness (QED) is 0.905. The number of likely N-dealkylation sites (N-methyl/N-ethyl adjacent to an activating group) is 1. The molecule has 1 aliphatic heterocycles. The maximum absolute atomic E-state index is 13.9. The second kappa shape index (κ2) is 5.08. The molecule has 1 heterocycles. The van der Waals surface area contributed by atoms with E-state index in [0.717, 1.165) is 28.0 Å². The van der Waals surface area contributed by atoms with Crippen molar-refractivity contribution >= 4 is 11.6 Å². The van der Waals surface area contributed by atoms with E-state index in [2.05, 4.69) is 5.32 Å². The molecule has 0 saturated heterocycles. The minimum atomic E-state index is -0.251. The lowest BCUT2D eigenvalue weighted by Gasteiger charge is -2.13. The zero-order chi connectivity index (χ0) is 14.3. The van der Waals surface area contributed by atoms with Crippen molar-refractivity contribution in [1.29, 1.82) is 0 Å². The van der Waals surface area contributed by atoms with Crippen LogP contribution in [0.5, 0.6) is 5.75 Å². The molecule has 2 nitrogen and oxygen atoms in total. The molecule has 3 rings (SSSR count). The van der Waals surface area contributed by atoms with Crippen LogP contribution in [-0.2, 0) is 6.42 Å². The lowest BCUT2D eigenvalue weighted by Crippen LogP contribution is -2.29. The first kappa shape index (κ1) is 13.4. The van der Waals surface area contributed by atoms with E-state index in [-0.39, 0.29) is 12.0 Å². The van der Waals surface area contributed by atoms with Crippen molar-refractivity contribution in [3.63, 3.8) is 0 Å². The van der Waals surface area contributed by atoms with Crippen LogP contribution in [0.15, 0.2) is 30.3 Å². The molecule has 1 atom stereocenters. The highest BCUT2D eigenvalue weighted by Crippen LogP contribution is 2.41. The monoisotopic (exact) mass is 291 g/mol. The van der Waals surface area contributed by atoms with Crippen LogP contribution in [0.25, 0.3) is 11.1 Å². The number of hydrogen-bond acceptors (Lipinski definition) is 2. The fraction of sp³-hybridized carbons (Fsp3) is 0.250. The van der Waals surface area contributed by atoms with Crippen LogP contribution in [0.2, 0.25) is 5.02 Å². The zero-order valence-electron chi connectivity index (χ0n) is 11.3. The van der Waals surface area contributed by atoms with Gasteiger partial charge in [-0.05, 0) is 49.4 Å². The largest absolute Gasteiger partial charge is 0.474 e. The molecule has 0 spiro atoms. The Morgan fingerprint density at radius 3 is 2.80 bits per heavy atom. The van der Waals surface area contributed by atoms with E-state index in [1.54, 1.807) is 0 Å². The van der Waals surface area contributed by atoms with Gasteiger partial charge in [-0.2, -0.15) is 0 Å². The van der Waals surface area contributed by atoms with Gasteiger partial charge in [-0.3, -0.25) is 5.32 Å². The van der Waals surface area contributed by atoms with Crippen LogP contribution in [0, 0.1) is 12.7 Å². The Hall–Kier alpha value is -1.58. The van der Waals surface area contributed by atoms with E-state index in [1.807, 2.05) is 32.2 Å². The lowest BCUT2D eigenvalue weighted by molar-refractivity contribution is 0.204. The molecule has 4 heteroatoms. The van der Waals surface area contributed by atoms with Crippen LogP contribution in [0.1, 0.15) is 11.1 Å². The van der Waals surface area contributed by atoms with Crippen molar-refractivity contribution in [2.24, 2.45) is 0 Å². The predicted octanol–water partition coefficient (Wildman–Crippen LogP) is 3.93. The Morgan fingerprint density at radius 2 is 2.05 bits per heavy atom. The Balaban J connectivity index is 2.18. The van der Waals surface area contributed by atoms with E-state index < -0.39 is 0 Å². The summed E-state index contributed by atoms with van der Waals surface area (Å²) in [6.45, 7) is 1.98. The minimum absolute atomic E-state index is 0.106. The van der Waals surface area contributed by atoms with Crippen molar-refractivity contribution < 1.29 is 9.13 Å². The zero-order valence-corrected chi connectivity index (χ0v) is 12.1. The number of hydrogen-bond donors (Lipinski definition) is 1. The fourth-order valence-electron chi connectivity index (χ4n) is 2.57. The molecule has 0 aliphatic carbocycles. The van der Waals surface area contributed by atoms with E-state index in [9.17, 15) is 4.39 Å². The van der Waals surface area contributed by atoms with Crippen LogP contribution in [0.3, 0.4) is 0 Å².